The molecule has 0 radical (unpaired) electrons. The molecule has 5 rings (SSSR count). The van der Waals surface area contributed by atoms with Gasteiger partial charge in [0.1, 0.15) is 18.1 Å². The highest BCUT2D eigenvalue weighted by molar-refractivity contribution is 5.60. The van der Waals surface area contributed by atoms with Gasteiger partial charge in [0.25, 0.3) is 5.89 Å². The Morgan fingerprint density at radius 1 is 0.969 bits per heavy atom. The summed E-state index contributed by atoms with van der Waals surface area (Å²) in [6.07, 6.45) is 3.62. The molecule has 0 aliphatic heterocycles. The van der Waals surface area contributed by atoms with E-state index in [1.807, 2.05) is 67.7 Å². The van der Waals surface area contributed by atoms with E-state index in [1.54, 1.807) is 10.9 Å². The van der Waals surface area contributed by atoms with Gasteiger partial charge in [-0.1, -0.05) is 46.8 Å². The fraction of sp³-hybridized carbons (Fsp3) is 0.125. The number of rotatable bonds is 7. The maximum absolute atomic E-state index is 5.91. The third kappa shape index (κ3) is 4.54. The van der Waals surface area contributed by atoms with Crippen molar-refractivity contribution in [1.82, 2.24) is 30.1 Å². The molecule has 158 valence electrons. The van der Waals surface area contributed by atoms with E-state index in [1.165, 1.54) is 0 Å². The molecule has 0 fully saturated rings. The van der Waals surface area contributed by atoms with Crippen LogP contribution in [-0.2, 0) is 13.2 Å². The van der Waals surface area contributed by atoms with Crippen LogP contribution in [0.2, 0.25) is 0 Å². The second-order valence-corrected chi connectivity index (χ2v) is 7.32. The summed E-state index contributed by atoms with van der Waals surface area (Å²) in [5.74, 6) is 1.59. The zero-order valence-corrected chi connectivity index (χ0v) is 17.4. The molecule has 0 N–H and O–H groups in total. The first-order valence-electron chi connectivity index (χ1n) is 10.2. The molecule has 0 bridgehead atoms. The first-order chi connectivity index (χ1) is 15.7. The zero-order valence-electron chi connectivity index (χ0n) is 17.4. The van der Waals surface area contributed by atoms with E-state index in [0.29, 0.717) is 30.6 Å². The minimum atomic E-state index is 0.308. The predicted octanol–water partition coefficient (Wildman–Crippen LogP) is 4.33. The largest absolute Gasteiger partial charge is 0.487 e. The summed E-state index contributed by atoms with van der Waals surface area (Å²) < 4.78 is 13.1. The smallest absolute Gasteiger partial charge is 0.258 e. The molecule has 32 heavy (non-hydrogen) atoms. The van der Waals surface area contributed by atoms with Crippen molar-refractivity contribution in [1.29, 1.82) is 0 Å². The highest BCUT2D eigenvalue weighted by Crippen LogP contribution is 2.25. The molecule has 3 heterocycles. The third-order valence-electron chi connectivity index (χ3n) is 4.84. The van der Waals surface area contributed by atoms with Crippen molar-refractivity contribution in [3.63, 3.8) is 0 Å². The summed E-state index contributed by atoms with van der Waals surface area (Å²) in [7, 11) is 0. The Morgan fingerprint density at radius 3 is 2.72 bits per heavy atom. The van der Waals surface area contributed by atoms with Gasteiger partial charge in [0, 0.05) is 23.0 Å². The normalized spacial score (nSPS) is 10.9. The van der Waals surface area contributed by atoms with Crippen LogP contribution in [0, 0.1) is 6.92 Å². The molecule has 2 aromatic carbocycles. The molecule has 3 aromatic heterocycles. The van der Waals surface area contributed by atoms with Crippen molar-refractivity contribution in [2.24, 2.45) is 0 Å². The lowest BCUT2D eigenvalue weighted by molar-refractivity contribution is 0.301. The van der Waals surface area contributed by atoms with Gasteiger partial charge >= 0.3 is 0 Å². The Balaban J connectivity index is 1.25. The van der Waals surface area contributed by atoms with E-state index in [9.17, 15) is 0 Å². The number of aromatic nitrogens is 6. The SMILES string of the molecule is Cc1ccc(-c2noc(-c3cccc(OCc4cn(Cc5ccccc5)nn4)c3)n2)cn1. The zero-order chi connectivity index (χ0) is 21.8. The Bertz CT molecular complexity index is 1310. The summed E-state index contributed by atoms with van der Waals surface area (Å²) in [6.45, 7) is 2.91. The number of hydrogen-bond acceptors (Lipinski definition) is 7. The molecule has 0 saturated heterocycles. The van der Waals surface area contributed by atoms with Crippen LogP contribution >= 0.6 is 0 Å². The standard InChI is InChI=1S/C24H20N6O2/c1-17-10-11-20(13-25-17)23-26-24(32-28-23)19-8-5-9-22(12-19)31-16-21-15-30(29-27-21)14-18-6-3-2-4-7-18/h2-13,15H,14,16H2,1H3. The second-order valence-electron chi connectivity index (χ2n) is 7.32. The van der Waals surface area contributed by atoms with Crippen LogP contribution in [0.15, 0.2) is 83.6 Å². The van der Waals surface area contributed by atoms with Crippen LogP contribution in [0.5, 0.6) is 5.75 Å². The van der Waals surface area contributed by atoms with Crippen molar-refractivity contribution >= 4 is 0 Å². The van der Waals surface area contributed by atoms with E-state index in [2.05, 4.69) is 37.6 Å². The molecule has 0 unspecified atom stereocenters. The van der Waals surface area contributed by atoms with Crippen molar-refractivity contribution in [3.8, 4) is 28.6 Å². The highest BCUT2D eigenvalue weighted by atomic mass is 16.5. The second kappa shape index (κ2) is 8.81. The quantitative estimate of drug-likeness (QED) is 0.384. The summed E-state index contributed by atoms with van der Waals surface area (Å²) in [5, 5.41) is 12.4. The summed E-state index contributed by atoms with van der Waals surface area (Å²) in [5.41, 5.74) is 4.42. The van der Waals surface area contributed by atoms with Gasteiger partial charge in [-0.3, -0.25) is 4.98 Å². The average Bonchev–Trinajstić information content (AvgIpc) is 3.49. The van der Waals surface area contributed by atoms with Crippen LogP contribution < -0.4 is 4.74 Å². The Hall–Kier alpha value is -4.33. The topological polar surface area (TPSA) is 91.8 Å². The van der Waals surface area contributed by atoms with Crippen molar-refractivity contribution < 1.29 is 9.26 Å². The van der Waals surface area contributed by atoms with Gasteiger partial charge in [-0.05, 0) is 42.8 Å². The number of pyridine rings is 1. The van der Waals surface area contributed by atoms with E-state index >= 15 is 0 Å². The van der Waals surface area contributed by atoms with E-state index in [4.69, 9.17) is 9.26 Å². The van der Waals surface area contributed by atoms with Crippen molar-refractivity contribution in [3.05, 3.63) is 96.1 Å². The third-order valence-corrected chi connectivity index (χ3v) is 4.84. The highest BCUT2D eigenvalue weighted by Gasteiger charge is 2.12. The lowest BCUT2D eigenvalue weighted by Gasteiger charge is -2.04. The number of aryl methyl sites for hydroxylation is 1. The maximum atomic E-state index is 5.91. The lowest BCUT2D eigenvalue weighted by atomic mass is 10.2. The van der Waals surface area contributed by atoms with E-state index < -0.39 is 0 Å². The molecule has 8 nitrogen and oxygen atoms in total. The molecular weight excluding hydrogens is 404 g/mol. The van der Waals surface area contributed by atoms with Crippen molar-refractivity contribution in [2.75, 3.05) is 0 Å². The lowest BCUT2D eigenvalue weighted by Crippen LogP contribution is -2.00. The van der Waals surface area contributed by atoms with E-state index in [-0.39, 0.29) is 0 Å². The van der Waals surface area contributed by atoms with Crippen molar-refractivity contribution in [2.45, 2.75) is 20.1 Å². The molecule has 0 aliphatic carbocycles. The number of benzene rings is 2. The Labute approximate surface area is 184 Å². The summed E-state index contributed by atoms with van der Waals surface area (Å²) in [6, 6.07) is 21.5. The van der Waals surface area contributed by atoms with Crippen LogP contribution in [0.1, 0.15) is 17.0 Å². The average molecular weight is 424 g/mol. The predicted molar refractivity (Wildman–Crippen MR) is 118 cm³/mol. The molecule has 0 saturated carbocycles. The molecule has 0 atom stereocenters. The molecule has 0 amide bonds. The molecule has 8 heteroatoms. The van der Waals surface area contributed by atoms with Gasteiger partial charge in [0.15, 0.2) is 0 Å². The number of hydrogen-bond donors (Lipinski definition) is 0. The van der Waals surface area contributed by atoms with Gasteiger partial charge < -0.3 is 9.26 Å². The first-order valence-corrected chi connectivity index (χ1v) is 10.2. The van der Waals surface area contributed by atoms with Crippen LogP contribution in [0.4, 0.5) is 0 Å². The minimum Gasteiger partial charge on any atom is -0.487 e. The monoisotopic (exact) mass is 424 g/mol. The summed E-state index contributed by atoms with van der Waals surface area (Å²) in [4.78, 5) is 8.76. The van der Waals surface area contributed by atoms with Gasteiger partial charge in [0.2, 0.25) is 5.82 Å². The molecule has 0 spiro atoms. The van der Waals surface area contributed by atoms with Gasteiger partial charge in [-0.25, -0.2) is 4.68 Å². The number of ether oxygens (including phenoxy) is 1. The first kappa shape index (κ1) is 19.6. The van der Waals surface area contributed by atoms with Gasteiger partial charge in [-0.2, -0.15) is 4.98 Å². The number of nitrogens with zero attached hydrogens (tertiary/aromatic N) is 6. The van der Waals surface area contributed by atoms with Crippen LogP contribution in [-0.4, -0.2) is 30.1 Å². The fourth-order valence-electron chi connectivity index (χ4n) is 3.19. The van der Waals surface area contributed by atoms with Crippen LogP contribution in [0.3, 0.4) is 0 Å². The van der Waals surface area contributed by atoms with Crippen LogP contribution in [0.25, 0.3) is 22.8 Å². The van der Waals surface area contributed by atoms with Gasteiger partial charge in [0.05, 0.1) is 12.7 Å². The fourth-order valence-corrected chi connectivity index (χ4v) is 3.19. The summed E-state index contributed by atoms with van der Waals surface area (Å²) >= 11 is 0. The minimum absolute atomic E-state index is 0.308. The van der Waals surface area contributed by atoms with E-state index in [0.717, 1.165) is 28.1 Å². The molecular formula is C24H20N6O2. The Morgan fingerprint density at radius 2 is 1.88 bits per heavy atom. The maximum Gasteiger partial charge on any atom is 0.258 e. The molecule has 5 aromatic rings. The Kier molecular flexibility index (Phi) is 5.40. The molecule has 0 aliphatic rings. The van der Waals surface area contributed by atoms with Gasteiger partial charge in [-0.15, -0.1) is 5.10 Å².